The molecule has 2 aromatic carbocycles. The van der Waals surface area contributed by atoms with Gasteiger partial charge in [0.05, 0.1) is 5.02 Å². The second-order valence-electron chi connectivity index (χ2n) is 4.93. The lowest BCUT2D eigenvalue weighted by atomic mass is 10.3. The Labute approximate surface area is 158 Å². The van der Waals surface area contributed by atoms with Crippen molar-refractivity contribution in [3.63, 3.8) is 0 Å². The van der Waals surface area contributed by atoms with Gasteiger partial charge < -0.3 is 9.47 Å². The molecule has 0 aliphatic rings. The molecule has 0 saturated carbocycles. The maximum absolute atomic E-state index is 6.27. The second kappa shape index (κ2) is 7.88. The predicted molar refractivity (Wildman–Crippen MR) is 99.2 cm³/mol. The molecule has 0 fully saturated rings. The van der Waals surface area contributed by atoms with Crippen LogP contribution in [0, 0.1) is 0 Å². The van der Waals surface area contributed by atoms with Crippen LogP contribution in [0.3, 0.4) is 0 Å². The number of ether oxygens (including phenoxy) is 2. The monoisotopic (exact) mass is 423 g/mol. The minimum atomic E-state index is 0.357. The van der Waals surface area contributed by atoms with Gasteiger partial charge in [-0.2, -0.15) is 0 Å². The first-order valence-electron chi connectivity index (χ1n) is 7.06. The molecule has 1 heterocycles. The van der Waals surface area contributed by atoms with Crippen molar-refractivity contribution in [1.29, 1.82) is 0 Å². The molecule has 0 spiro atoms. The van der Waals surface area contributed by atoms with Gasteiger partial charge in [0.2, 0.25) is 0 Å². The highest BCUT2D eigenvalue weighted by Gasteiger charge is 2.06. The SMILES string of the molecule is Clc1ccc(COc2ccc(Oc3cccc(Br)c3)cc2Cl)cn1. The van der Waals surface area contributed by atoms with Crippen LogP contribution in [-0.2, 0) is 6.61 Å². The lowest BCUT2D eigenvalue weighted by Crippen LogP contribution is -1.96. The molecule has 122 valence electrons. The summed E-state index contributed by atoms with van der Waals surface area (Å²) in [4.78, 5) is 4.01. The van der Waals surface area contributed by atoms with E-state index < -0.39 is 0 Å². The van der Waals surface area contributed by atoms with Crippen LogP contribution in [-0.4, -0.2) is 4.98 Å². The topological polar surface area (TPSA) is 31.4 Å². The van der Waals surface area contributed by atoms with Gasteiger partial charge >= 0.3 is 0 Å². The fourth-order valence-electron chi connectivity index (χ4n) is 1.98. The Kier molecular flexibility index (Phi) is 5.61. The van der Waals surface area contributed by atoms with Gasteiger partial charge in [0.15, 0.2) is 0 Å². The molecule has 0 bridgehead atoms. The lowest BCUT2D eigenvalue weighted by molar-refractivity contribution is 0.305. The third kappa shape index (κ3) is 4.63. The fourth-order valence-corrected chi connectivity index (χ4v) is 2.70. The highest BCUT2D eigenvalue weighted by molar-refractivity contribution is 9.10. The average Bonchev–Trinajstić information content (AvgIpc) is 2.56. The summed E-state index contributed by atoms with van der Waals surface area (Å²) in [5, 5.41) is 0.926. The van der Waals surface area contributed by atoms with Gasteiger partial charge in [0, 0.05) is 22.3 Å². The molecule has 0 aliphatic carbocycles. The van der Waals surface area contributed by atoms with Crippen LogP contribution < -0.4 is 9.47 Å². The van der Waals surface area contributed by atoms with Crippen LogP contribution >= 0.6 is 39.1 Å². The van der Waals surface area contributed by atoms with Gasteiger partial charge in [-0.3, -0.25) is 0 Å². The minimum Gasteiger partial charge on any atom is -0.487 e. The summed E-state index contributed by atoms with van der Waals surface area (Å²) in [5.74, 6) is 1.94. The number of nitrogens with zero attached hydrogens (tertiary/aromatic N) is 1. The van der Waals surface area contributed by atoms with Crippen molar-refractivity contribution < 1.29 is 9.47 Å². The number of hydrogen-bond donors (Lipinski definition) is 0. The zero-order valence-electron chi connectivity index (χ0n) is 12.4. The van der Waals surface area contributed by atoms with Crippen LogP contribution in [0.2, 0.25) is 10.2 Å². The van der Waals surface area contributed by atoms with E-state index in [2.05, 4.69) is 20.9 Å². The number of rotatable bonds is 5. The molecule has 0 radical (unpaired) electrons. The summed E-state index contributed by atoms with van der Waals surface area (Å²) < 4.78 is 12.4. The zero-order valence-corrected chi connectivity index (χ0v) is 15.5. The molecule has 0 aliphatic heterocycles. The van der Waals surface area contributed by atoms with E-state index >= 15 is 0 Å². The Morgan fingerprint density at radius 2 is 1.79 bits per heavy atom. The van der Waals surface area contributed by atoms with Crippen molar-refractivity contribution in [2.24, 2.45) is 0 Å². The van der Waals surface area contributed by atoms with E-state index in [1.54, 1.807) is 24.4 Å². The summed E-state index contributed by atoms with van der Waals surface area (Å²) in [6, 6.07) is 16.5. The Morgan fingerprint density at radius 1 is 0.958 bits per heavy atom. The number of halogens is 3. The molecule has 3 aromatic rings. The fraction of sp³-hybridized carbons (Fsp3) is 0.0556. The number of pyridine rings is 1. The quantitative estimate of drug-likeness (QED) is 0.436. The maximum atomic E-state index is 6.27. The van der Waals surface area contributed by atoms with Crippen molar-refractivity contribution in [3.05, 3.63) is 81.0 Å². The normalized spacial score (nSPS) is 10.5. The van der Waals surface area contributed by atoms with E-state index in [1.165, 1.54) is 0 Å². The van der Waals surface area contributed by atoms with E-state index in [9.17, 15) is 0 Å². The Morgan fingerprint density at radius 3 is 2.50 bits per heavy atom. The van der Waals surface area contributed by atoms with E-state index in [0.29, 0.717) is 28.3 Å². The highest BCUT2D eigenvalue weighted by Crippen LogP contribution is 2.32. The largest absolute Gasteiger partial charge is 0.487 e. The zero-order chi connectivity index (χ0) is 16.9. The van der Waals surface area contributed by atoms with Crippen molar-refractivity contribution in [2.75, 3.05) is 0 Å². The molecule has 0 unspecified atom stereocenters. The average molecular weight is 425 g/mol. The summed E-state index contributed by atoms with van der Waals surface area (Å²) >= 11 is 15.4. The lowest BCUT2D eigenvalue weighted by Gasteiger charge is -2.11. The molecular weight excluding hydrogens is 413 g/mol. The molecule has 1 aromatic heterocycles. The van der Waals surface area contributed by atoms with Crippen LogP contribution in [0.1, 0.15) is 5.56 Å². The van der Waals surface area contributed by atoms with Gasteiger partial charge in [-0.15, -0.1) is 0 Å². The Bertz CT molecular complexity index is 841. The smallest absolute Gasteiger partial charge is 0.138 e. The molecule has 0 N–H and O–H groups in total. The molecule has 0 atom stereocenters. The maximum Gasteiger partial charge on any atom is 0.138 e. The summed E-state index contributed by atoms with van der Waals surface area (Å²) in [6.45, 7) is 0.357. The number of hydrogen-bond acceptors (Lipinski definition) is 3. The van der Waals surface area contributed by atoms with Crippen LogP contribution in [0.5, 0.6) is 17.2 Å². The molecule has 24 heavy (non-hydrogen) atoms. The van der Waals surface area contributed by atoms with Crippen LogP contribution in [0.4, 0.5) is 0 Å². The first-order chi connectivity index (χ1) is 11.6. The van der Waals surface area contributed by atoms with Gasteiger partial charge in [-0.1, -0.05) is 51.3 Å². The number of aromatic nitrogens is 1. The van der Waals surface area contributed by atoms with Crippen molar-refractivity contribution in [2.45, 2.75) is 6.61 Å². The van der Waals surface area contributed by atoms with Crippen LogP contribution in [0.25, 0.3) is 0 Å². The first-order valence-corrected chi connectivity index (χ1v) is 8.61. The standard InChI is InChI=1S/C18H12BrCl2NO2/c19-13-2-1-3-14(8-13)24-15-5-6-17(16(20)9-15)23-11-12-4-7-18(21)22-10-12/h1-10H,11H2. The number of benzene rings is 2. The predicted octanol–water partition coefficient (Wildman–Crippen LogP) is 6.52. The summed E-state index contributed by atoms with van der Waals surface area (Å²) in [5.41, 5.74) is 0.907. The molecular formula is C18H12BrCl2NO2. The van der Waals surface area contributed by atoms with Gasteiger partial charge in [-0.05, 0) is 36.4 Å². The van der Waals surface area contributed by atoms with E-state index in [4.69, 9.17) is 32.7 Å². The van der Waals surface area contributed by atoms with Crippen LogP contribution in [0.15, 0.2) is 65.3 Å². The molecule has 0 saturated heterocycles. The first kappa shape index (κ1) is 17.1. The van der Waals surface area contributed by atoms with E-state index in [0.717, 1.165) is 15.8 Å². The molecule has 0 amide bonds. The van der Waals surface area contributed by atoms with Crippen molar-refractivity contribution >= 4 is 39.1 Å². The Hall–Kier alpha value is -1.75. The van der Waals surface area contributed by atoms with Crippen molar-refractivity contribution in [3.8, 4) is 17.2 Å². The third-order valence-corrected chi connectivity index (χ3v) is 4.13. The summed E-state index contributed by atoms with van der Waals surface area (Å²) in [6.07, 6.45) is 1.67. The Balaban J connectivity index is 1.67. The molecule has 6 heteroatoms. The van der Waals surface area contributed by atoms with Gasteiger partial charge in [-0.25, -0.2) is 4.98 Å². The van der Waals surface area contributed by atoms with E-state index in [-0.39, 0.29) is 0 Å². The minimum absolute atomic E-state index is 0.357. The highest BCUT2D eigenvalue weighted by atomic mass is 79.9. The summed E-state index contributed by atoms with van der Waals surface area (Å²) in [7, 11) is 0. The van der Waals surface area contributed by atoms with E-state index in [1.807, 2.05) is 36.4 Å². The second-order valence-corrected chi connectivity index (χ2v) is 6.64. The molecule has 3 nitrogen and oxygen atoms in total. The third-order valence-electron chi connectivity index (χ3n) is 3.12. The van der Waals surface area contributed by atoms with Gasteiger partial charge in [0.25, 0.3) is 0 Å². The molecule has 3 rings (SSSR count). The van der Waals surface area contributed by atoms with Gasteiger partial charge in [0.1, 0.15) is 29.0 Å². The van der Waals surface area contributed by atoms with Crippen molar-refractivity contribution in [1.82, 2.24) is 4.98 Å².